The minimum absolute atomic E-state index is 0.00583. The molecule has 77 heavy (non-hydrogen) atoms. The fourth-order valence-electron chi connectivity index (χ4n) is 11.4. The first-order valence-electron chi connectivity index (χ1n) is 26.2. The van der Waals surface area contributed by atoms with Crippen LogP contribution in [0.4, 0.5) is 27.4 Å². The summed E-state index contributed by atoms with van der Waals surface area (Å²) in [5.41, 5.74) is 6.43. The third-order valence-corrected chi connectivity index (χ3v) is 15.5. The van der Waals surface area contributed by atoms with Crippen LogP contribution in [-0.2, 0) is 0 Å². The molecule has 2 unspecified atom stereocenters. The number of nitrogens with zero attached hydrogens (tertiary/aromatic N) is 12. The van der Waals surface area contributed by atoms with E-state index in [4.69, 9.17) is 14.2 Å². The van der Waals surface area contributed by atoms with Crippen LogP contribution in [0.5, 0.6) is 28.7 Å². The van der Waals surface area contributed by atoms with Crippen molar-refractivity contribution in [1.82, 2.24) is 58.9 Å². The Morgan fingerprint density at radius 2 is 1.03 bits per heavy atom. The largest absolute Gasteiger partial charge is 0.489 e. The number of aromatic nitrogens is 10. The van der Waals surface area contributed by atoms with Gasteiger partial charge < -0.3 is 39.8 Å². The third-order valence-electron chi connectivity index (χ3n) is 15.5. The Hall–Kier alpha value is -8.39. The van der Waals surface area contributed by atoms with E-state index < -0.39 is 0 Å². The summed E-state index contributed by atoms with van der Waals surface area (Å²) in [6.45, 7) is 3.96. The Balaban J connectivity index is 0.000000134. The van der Waals surface area contributed by atoms with E-state index >= 15 is 0 Å². The van der Waals surface area contributed by atoms with E-state index in [9.17, 15) is 9.50 Å². The lowest BCUT2D eigenvalue weighted by Crippen LogP contribution is -2.43. The minimum atomic E-state index is -0.369. The Morgan fingerprint density at radius 1 is 0.532 bits per heavy atom. The molecule has 4 aliphatic rings. The maximum Gasteiger partial charge on any atom is 0.158 e. The van der Waals surface area contributed by atoms with Crippen molar-refractivity contribution in [2.45, 2.75) is 102 Å². The molecule has 6 aromatic heterocycles. The van der Waals surface area contributed by atoms with Crippen LogP contribution in [0.15, 0.2) is 135 Å². The van der Waals surface area contributed by atoms with Crippen LogP contribution in [0.25, 0.3) is 33.1 Å². The van der Waals surface area contributed by atoms with Crippen LogP contribution in [0.3, 0.4) is 0 Å². The van der Waals surface area contributed by atoms with Gasteiger partial charge in [0, 0.05) is 60.1 Å². The SMILES string of the molecule is CN1[C@@H]2CC[C@H]1CC(O)C2.Cc1cc(Nc2ncnc3cccc(F)c23)ccc1Oc1ccn2ncnc2c1.Cc1cc(Nc2ncnc3cccc(OC4C[C@H]5CC[C@@H](C4)N5C)c23)ccc1Oc1ccn2ncnc2c1. The highest BCUT2D eigenvalue weighted by Crippen LogP contribution is 2.40. The van der Waals surface area contributed by atoms with Crippen LogP contribution in [-0.4, -0.2) is 115 Å². The standard InChI is InChI=1S/C29H29N7O2.C21H15FN6O.C8H15NO/c1-18-12-19(6-9-25(18)37-22-10-11-36-27(15-22)31-17-33-36)34-29-28-24(30-16-32-29)4-3-5-26(28)38-23-13-20-7-8-21(14-23)35(20)2;1-13-9-14(27-21-20-16(22)3-2-4-17(20)23-11-25-21)5-6-18(13)29-15-7-8-28-19(10-15)24-12-26-28;1-9-6-2-3-7(9)5-8(10)4-6/h3-6,9-12,15-17,20-21,23H,7-8,13-14H2,1-2H3,(H,30,32,34);2-12H,1H3,(H,23,25,27);6-8,10H,2-5H2,1H3/t20-,21+,23?;;6-,7+,8?. The second-order valence-electron chi connectivity index (χ2n) is 20.4. The number of pyridine rings is 2. The normalized spacial score (nSPS) is 20.9. The quantitative estimate of drug-likeness (QED) is 0.117. The molecule has 14 rings (SSSR count). The van der Waals surface area contributed by atoms with E-state index in [1.807, 2.05) is 92.8 Å². The average molecular weight is 1040 g/mol. The highest BCUT2D eigenvalue weighted by molar-refractivity contribution is 5.96. The van der Waals surface area contributed by atoms with Gasteiger partial charge in [0.05, 0.1) is 27.9 Å². The first-order valence-corrected chi connectivity index (χ1v) is 26.2. The maximum absolute atomic E-state index is 14.3. The van der Waals surface area contributed by atoms with Gasteiger partial charge in [-0.3, -0.25) is 0 Å². The molecule has 0 radical (unpaired) electrons. The molecule has 0 spiro atoms. The summed E-state index contributed by atoms with van der Waals surface area (Å²) in [5.74, 6) is 4.46. The number of benzene rings is 4. The van der Waals surface area contributed by atoms with Crippen molar-refractivity contribution in [3.05, 3.63) is 152 Å². The highest BCUT2D eigenvalue weighted by Gasteiger charge is 2.40. The van der Waals surface area contributed by atoms with E-state index in [1.54, 1.807) is 33.7 Å². The average Bonchev–Trinajstić information content (AvgIpc) is 4.19. The lowest BCUT2D eigenvalue weighted by molar-refractivity contribution is 0.0503. The predicted octanol–water partition coefficient (Wildman–Crippen LogP) is 10.8. The van der Waals surface area contributed by atoms with E-state index in [-0.39, 0.29) is 18.0 Å². The Labute approximate surface area is 443 Å². The van der Waals surface area contributed by atoms with Crippen LogP contribution in [0.2, 0.25) is 0 Å². The molecule has 0 aliphatic carbocycles. The van der Waals surface area contributed by atoms with E-state index in [0.717, 1.165) is 82.1 Å². The summed E-state index contributed by atoms with van der Waals surface area (Å²) in [6.07, 6.45) is 19.1. The zero-order valence-electron chi connectivity index (χ0n) is 43.2. The number of hydrogen-bond donors (Lipinski definition) is 3. The number of aliphatic hydroxyl groups is 1. The number of halogens is 1. The molecule has 4 saturated heterocycles. The third kappa shape index (κ3) is 10.6. The first-order chi connectivity index (χ1) is 37.5. The van der Waals surface area contributed by atoms with E-state index in [0.29, 0.717) is 63.8 Å². The summed E-state index contributed by atoms with van der Waals surface area (Å²) < 4.78 is 36.4. The zero-order valence-corrected chi connectivity index (χ0v) is 43.2. The summed E-state index contributed by atoms with van der Waals surface area (Å²) in [5, 5.41) is 25.5. The number of aryl methyl sites for hydroxylation is 2. The van der Waals surface area contributed by atoms with Gasteiger partial charge in [0.1, 0.15) is 77.6 Å². The van der Waals surface area contributed by atoms with Gasteiger partial charge in [-0.15, -0.1) is 0 Å². The summed E-state index contributed by atoms with van der Waals surface area (Å²) in [6, 6.07) is 32.4. The number of rotatable bonds is 10. The molecule has 4 aromatic carbocycles. The number of fused-ring (bicyclic) bond motifs is 8. The maximum atomic E-state index is 14.3. The van der Waals surface area contributed by atoms with Gasteiger partial charge in [-0.05, 0) is 163 Å². The molecule has 4 bridgehead atoms. The number of anilines is 4. The number of hydrogen-bond acceptors (Lipinski definition) is 16. The van der Waals surface area contributed by atoms with Crippen molar-refractivity contribution in [2.75, 3.05) is 24.7 Å². The van der Waals surface area contributed by atoms with E-state index in [1.165, 1.54) is 50.7 Å². The van der Waals surface area contributed by atoms with Crippen molar-refractivity contribution in [1.29, 1.82) is 0 Å². The summed E-state index contributed by atoms with van der Waals surface area (Å²) in [7, 11) is 4.44. The Morgan fingerprint density at radius 3 is 1.56 bits per heavy atom. The van der Waals surface area contributed by atoms with Crippen molar-refractivity contribution in [2.24, 2.45) is 0 Å². The molecule has 0 saturated carbocycles. The number of ether oxygens (including phenoxy) is 3. The second kappa shape index (κ2) is 21.3. The summed E-state index contributed by atoms with van der Waals surface area (Å²) >= 11 is 0. The molecule has 10 aromatic rings. The van der Waals surface area contributed by atoms with Crippen LogP contribution < -0.4 is 24.8 Å². The molecule has 4 fully saturated rings. The molecule has 18 nitrogen and oxygen atoms in total. The van der Waals surface area contributed by atoms with Gasteiger partial charge >= 0.3 is 0 Å². The monoisotopic (exact) mass is 1030 g/mol. The first kappa shape index (κ1) is 49.5. The van der Waals surface area contributed by atoms with Crippen molar-refractivity contribution >= 4 is 56.1 Å². The molecule has 6 atom stereocenters. The molecule has 3 N–H and O–H groups in total. The Kier molecular flexibility index (Phi) is 13.7. The highest BCUT2D eigenvalue weighted by atomic mass is 19.1. The molecule has 0 amide bonds. The number of piperidine rings is 2. The van der Waals surface area contributed by atoms with Gasteiger partial charge in [0.25, 0.3) is 0 Å². The fourth-order valence-corrected chi connectivity index (χ4v) is 11.4. The van der Waals surface area contributed by atoms with Crippen LogP contribution in [0, 0.1) is 19.7 Å². The molecule has 10 heterocycles. The Bertz CT molecular complexity index is 3700. The molecular weight excluding hydrogens is 976 g/mol. The van der Waals surface area contributed by atoms with Crippen LogP contribution in [0.1, 0.15) is 62.5 Å². The molecular formula is C58H59FN14O4. The lowest BCUT2D eigenvalue weighted by atomic mass is 10.0. The van der Waals surface area contributed by atoms with Crippen molar-refractivity contribution in [3.8, 4) is 28.7 Å². The zero-order chi connectivity index (χ0) is 52.6. The molecule has 392 valence electrons. The van der Waals surface area contributed by atoms with E-state index in [2.05, 4.69) is 80.7 Å². The molecule has 19 heteroatoms. The summed E-state index contributed by atoms with van der Waals surface area (Å²) in [4.78, 5) is 30.8. The van der Waals surface area contributed by atoms with Gasteiger partial charge in [0.2, 0.25) is 0 Å². The number of nitrogens with one attached hydrogen (secondary N) is 2. The lowest BCUT2D eigenvalue weighted by Gasteiger charge is -2.36. The smallest absolute Gasteiger partial charge is 0.158 e. The predicted molar refractivity (Wildman–Crippen MR) is 292 cm³/mol. The van der Waals surface area contributed by atoms with Gasteiger partial charge in [0.15, 0.2) is 11.3 Å². The van der Waals surface area contributed by atoms with Gasteiger partial charge in [-0.2, -0.15) is 10.2 Å². The van der Waals surface area contributed by atoms with Crippen molar-refractivity contribution < 1.29 is 23.7 Å². The molecule has 4 aliphatic heterocycles. The topological polar surface area (TPSA) is 190 Å². The van der Waals surface area contributed by atoms with Gasteiger partial charge in [-0.25, -0.2) is 43.3 Å². The second-order valence-corrected chi connectivity index (χ2v) is 20.4. The fraction of sp³-hybridized carbons (Fsp3) is 0.310. The van der Waals surface area contributed by atoms with Crippen LogP contribution >= 0.6 is 0 Å². The minimum Gasteiger partial charge on any atom is -0.489 e. The number of aliphatic hydroxyl groups excluding tert-OH is 1. The van der Waals surface area contributed by atoms with Gasteiger partial charge in [-0.1, -0.05) is 12.1 Å². The van der Waals surface area contributed by atoms with Crippen molar-refractivity contribution in [3.63, 3.8) is 0 Å².